The molecule has 1 aliphatic rings. The van der Waals surface area contributed by atoms with E-state index in [2.05, 4.69) is 12.2 Å². The fourth-order valence-corrected chi connectivity index (χ4v) is 1.72. The Morgan fingerprint density at radius 2 is 2.33 bits per heavy atom. The topological polar surface area (TPSA) is 55.1 Å². The zero-order chi connectivity index (χ0) is 8.97. The van der Waals surface area contributed by atoms with Crippen LogP contribution in [-0.4, -0.2) is 18.0 Å². The summed E-state index contributed by atoms with van der Waals surface area (Å²) in [6.07, 6.45) is 5.67. The molecule has 1 saturated heterocycles. The number of nitrogens with one attached hydrogen (secondary N) is 1. The third kappa shape index (κ3) is 2.48. The molecule has 0 radical (unpaired) electrons. The molecule has 0 unspecified atom stereocenters. The molecule has 0 aromatic heterocycles. The average molecular weight is 170 g/mol. The van der Waals surface area contributed by atoms with E-state index in [0.29, 0.717) is 6.04 Å². The lowest BCUT2D eigenvalue weighted by Crippen LogP contribution is -2.39. The minimum absolute atomic E-state index is 0.0631. The van der Waals surface area contributed by atoms with Gasteiger partial charge in [0.15, 0.2) is 0 Å². The first kappa shape index (κ1) is 9.52. The van der Waals surface area contributed by atoms with Gasteiger partial charge < -0.3 is 11.1 Å². The van der Waals surface area contributed by atoms with Gasteiger partial charge in [-0.1, -0.05) is 19.8 Å². The van der Waals surface area contributed by atoms with Crippen LogP contribution in [0.2, 0.25) is 0 Å². The van der Waals surface area contributed by atoms with E-state index in [1.807, 2.05) is 0 Å². The predicted octanol–water partition coefficient (Wildman–Crippen LogP) is 0.783. The van der Waals surface area contributed by atoms with E-state index in [1.165, 1.54) is 19.3 Å². The zero-order valence-corrected chi connectivity index (χ0v) is 7.68. The standard InChI is InChI=1S/C9H18N2O/c1-2-3-4-7-5-6-8(11-7)9(10)12/h7-8,11H,2-6H2,1H3,(H2,10,12)/t7-,8-/m0/s1. The second kappa shape index (κ2) is 4.45. The highest BCUT2D eigenvalue weighted by Crippen LogP contribution is 2.16. The third-order valence-electron chi connectivity index (χ3n) is 2.49. The van der Waals surface area contributed by atoms with Crippen molar-refractivity contribution in [3.8, 4) is 0 Å². The number of carbonyl (C=O) groups excluding carboxylic acids is 1. The van der Waals surface area contributed by atoms with E-state index >= 15 is 0 Å². The number of nitrogens with two attached hydrogens (primary N) is 1. The lowest BCUT2D eigenvalue weighted by atomic mass is 10.1. The van der Waals surface area contributed by atoms with E-state index in [0.717, 1.165) is 12.8 Å². The highest BCUT2D eigenvalue weighted by atomic mass is 16.1. The maximum absolute atomic E-state index is 10.8. The molecule has 1 fully saturated rings. The summed E-state index contributed by atoms with van der Waals surface area (Å²) in [6.45, 7) is 2.18. The molecule has 0 aliphatic carbocycles. The van der Waals surface area contributed by atoms with Crippen LogP contribution in [0, 0.1) is 0 Å². The van der Waals surface area contributed by atoms with Crippen molar-refractivity contribution in [2.45, 2.75) is 51.1 Å². The fraction of sp³-hybridized carbons (Fsp3) is 0.889. The Hall–Kier alpha value is -0.570. The van der Waals surface area contributed by atoms with Gasteiger partial charge in [0.25, 0.3) is 0 Å². The van der Waals surface area contributed by atoms with Gasteiger partial charge in [-0.2, -0.15) is 0 Å². The molecule has 0 aromatic carbocycles. The molecule has 12 heavy (non-hydrogen) atoms. The third-order valence-corrected chi connectivity index (χ3v) is 2.49. The van der Waals surface area contributed by atoms with Crippen LogP contribution in [0.5, 0.6) is 0 Å². The van der Waals surface area contributed by atoms with Crippen molar-refractivity contribution in [2.24, 2.45) is 5.73 Å². The Kier molecular flexibility index (Phi) is 3.53. The first-order valence-electron chi connectivity index (χ1n) is 4.79. The van der Waals surface area contributed by atoms with Crippen LogP contribution in [0.25, 0.3) is 0 Å². The van der Waals surface area contributed by atoms with Crippen molar-refractivity contribution in [3.05, 3.63) is 0 Å². The Balaban J connectivity index is 2.21. The molecule has 0 bridgehead atoms. The highest BCUT2D eigenvalue weighted by Gasteiger charge is 2.26. The van der Waals surface area contributed by atoms with Gasteiger partial charge in [0.05, 0.1) is 6.04 Å². The second-order valence-corrected chi connectivity index (χ2v) is 3.54. The van der Waals surface area contributed by atoms with Crippen molar-refractivity contribution in [1.29, 1.82) is 0 Å². The molecule has 1 aliphatic heterocycles. The van der Waals surface area contributed by atoms with Crippen LogP contribution < -0.4 is 11.1 Å². The smallest absolute Gasteiger partial charge is 0.234 e. The monoisotopic (exact) mass is 170 g/mol. The van der Waals surface area contributed by atoms with E-state index in [-0.39, 0.29) is 11.9 Å². The lowest BCUT2D eigenvalue weighted by molar-refractivity contribution is -0.119. The number of rotatable bonds is 4. The molecule has 0 spiro atoms. The molecule has 70 valence electrons. The number of carbonyl (C=O) groups is 1. The molecular formula is C9H18N2O. The summed E-state index contributed by atoms with van der Waals surface area (Å²) >= 11 is 0. The largest absolute Gasteiger partial charge is 0.368 e. The van der Waals surface area contributed by atoms with E-state index < -0.39 is 0 Å². The maximum Gasteiger partial charge on any atom is 0.234 e. The molecular weight excluding hydrogens is 152 g/mol. The number of unbranched alkanes of at least 4 members (excludes halogenated alkanes) is 1. The van der Waals surface area contributed by atoms with Gasteiger partial charge >= 0.3 is 0 Å². The summed E-state index contributed by atoms with van der Waals surface area (Å²) in [4.78, 5) is 10.8. The number of hydrogen-bond donors (Lipinski definition) is 2. The predicted molar refractivity (Wildman–Crippen MR) is 48.7 cm³/mol. The Labute approximate surface area is 73.7 Å². The Morgan fingerprint density at radius 3 is 2.83 bits per heavy atom. The average Bonchev–Trinajstić information content (AvgIpc) is 2.48. The summed E-state index contributed by atoms with van der Waals surface area (Å²) < 4.78 is 0. The summed E-state index contributed by atoms with van der Waals surface area (Å²) in [5, 5.41) is 3.25. The molecule has 0 saturated carbocycles. The molecule has 3 heteroatoms. The van der Waals surface area contributed by atoms with Crippen LogP contribution in [0.3, 0.4) is 0 Å². The summed E-state index contributed by atoms with van der Waals surface area (Å²) in [5.41, 5.74) is 5.19. The van der Waals surface area contributed by atoms with Crippen LogP contribution in [0.1, 0.15) is 39.0 Å². The first-order chi connectivity index (χ1) is 5.74. The van der Waals surface area contributed by atoms with E-state index in [1.54, 1.807) is 0 Å². The Bertz CT molecular complexity index is 159. The number of amides is 1. The molecule has 3 nitrogen and oxygen atoms in total. The molecule has 3 N–H and O–H groups in total. The van der Waals surface area contributed by atoms with Crippen LogP contribution >= 0.6 is 0 Å². The summed E-state index contributed by atoms with van der Waals surface area (Å²) in [5.74, 6) is -0.200. The lowest BCUT2D eigenvalue weighted by Gasteiger charge is -2.10. The van der Waals surface area contributed by atoms with Crippen molar-refractivity contribution in [2.75, 3.05) is 0 Å². The molecule has 0 aromatic rings. The summed E-state index contributed by atoms with van der Waals surface area (Å²) in [6, 6.07) is 0.467. The number of hydrogen-bond acceptors (Lipinski definition) is 2. The van der Waals surface area contributed by atoms with Gasteiger partial charge in [0.1, 0.15) is 0 Å². The summed E-state index contributed by atoms with van der Waals surface area (Å²) in [7, 11) is 0. The minimum Gasteiger partial charge on any atom is -0.368 e. The fourth-order valence-electron chi connectivity index (χ4n) is 1.72. The van der Waals surface area contributed by atoms with Crippen LogP contribution in [0.4, 0.5) is 0 Å². The van der Waals surface area contributed by atoms with Gasteiger partial charge in [0, 0.05) is 6.04 Å². The molecule has 1 rings (SSSR count). The second-order valence-electron chi connectivity index (χ2n) is 3.54. The van der Waals surface area contributed by atoms with Crippen molar-refractivity contribution >= 4 is 5.91 Å². The SMILES string of the molecule is CCCC[C@H]1CC[C@@H](C(N)=O)N1. The molecule has 2 atom stereocenters. The van der Waals surface area contributed by atoms with Crippen molar-refractivity contribution in [3.63, 3.8) is 0 Å². The van der Waals surface area contributed by atoms with Gasteiger partial charge in [0.2, 0.25) is 5.91 Å². The van der Waals surface area contributed by atoms with E-state index in [4.69, 9.17) is 5.73 Å². The van der Waals surface area contributed by atoms with E-state index in [9.17, 15) is 4.79 Å². The van der Waals surface area contributed by atoms with Crippen molar-refractivity contribution in [1.82, 2.24) is 5.32 Å². The van der Waals surface area contributed by atoms with Gasteiger partial charge in [-0.05, 0) is 19.3 Å². The zero-order valence-electron chi connectivity index (χ0n) is 7.68. The van der Waals surface area contributed by atoms with Gasteiger partial charge in [-0.3, -0.25) is 4.79 Å². The molecule has 1 amide bonds. The highest BCUT2D eigenvalue weighted by molar-refractivity contribution is 5.80. The quantitative estimate of drug-likeness (QED) is 0.655. The maximum atomic E-state index is 10.8. The molecule has 1 heterocycles. The number of primary amides is 1. The van der Waals surface area contributed by atoms with Gasteiger partial charge in [-0.25, -0.2) is 0 Å². The van der Waals surface area contributed by atoms with Gasteiger partial charge in [-0.15, -0.1) is 0 Å². The Morgan fingerprint density at radius 1 is 1.58 bits per heavy atom. The normalized spacial score (nSPS) is 29.1. The minimum atomic E-state index is -0.200. The van der Waals surface area contributed by atoms with Crippen LogP contribution in [0.15, 0.2) is 0 Å². The first-order valence-corrected chi connectivity index (χ1v) is 4.79. The van der Waals surface area contributed by atoms with Crippen molar-refractivity contribution < 1.29 is 4.79 Å². The van der Waals surface area contributed by atoms with Crippen LogP contribution in [-0.2, 0) is 4.79 Å².